The van der Waals surface area contributed by atoms with Crippen LogP contribution in [0, 0.1) is 23.0 Å². The summed E-state index contributed by atoms with van der Waals surface area (Å²) >= 11 is 0. The van der Waals surface area contributed by atoms with Crippen molar-refractivity contribution in [3.63, 3.8) is 0 Å². The third kappa shape index (κ3) is 4.38. The standard InChI is InChI=1S/C20H11F2N3O2/c21-17-2-1-3-18(22)19(17)20(26)27-16-10-8-15(9-11-16)25-24-14-6-4-13(12-23)5-7-14/h1-11H. The Hall–Kier alpha value is -3.92. The van der Waals surface area contributed by atoms with Gasteiger partial charge in [0.2, 0.25) is 0 Å². The average Bonchev–Trinajstić information content (AvgIpc) is 2.68. The molecule has 3 rings (SSSR count). The number of azo groups is 1. The fraction of sp³-hybridized carbons (Fsp3) is 0. The molecular formula is C20H11F2N3O2. The lowest BCUT2D eigenvalue weighted by molar-refractivity contribution is 0.0724. The van der Waals surface area contributed by atoms with E-state index in [0.29, 0.717) is 16.9 Å². The quantitative estimate of drug-likeness (QED) is 0.350. The van der Waals surface area contributed by atoms with Crippen molar-refractivity contribution in [3.8, 4) is 11.8 Å². The van der Waals surface area contributed by atoms with Gasteiger partial charge in [0.25, 0.3) is 0 Å². The van der Waals surface area contributed by atoms with Gasteiger partial charge in [-0.2, -0.15) is 15.5 Å². The molecule has 0 aliphatic rings. The van der Waals surface area contributed by atoms with Gasteiger partial charge in [-0.05, 0) is 60.7 Å². The number of halogens is 2. The second-order valence-corrected chi connectivity index (χ2v) is 5.34. The van der Waals surface area contributed by atoms with Gasteiger partial charge in [-0.1, -0.05) is 6.07 Å². The Morgan fingerprint density at radius 1 is 0.852 bits per heavy atom. The highest BCUT2D eigenvalue weighted by Gasteiger charge is 2.19. The lowest BCUT2D eigenvalue weighted by atomic mass is 10.2. The second kappa shape index (κ2) is 7.97. The maximum atomic E-state index is 13.6. The molecule has 27 heavy (non-hydrogen) atoms. The third-order valence-electron chi connectivity index (χ3n) is 3.49. The van der Waals surface area contributed by atoms with Crippen LogP contribution in [0.25, 0.3) is 0 Å². The summed E-state index contributed by atoms with van der Waals surface area (Å²) in [5.74, 6) is -3.00. The molecule has 0 spiro atoms. The first-order valence-electron chi connectivity index (χ1n) is 7.75. The summed E-state index contributed by atoms with van der Waals surface area (Å²) in [6, 6.07) is 17.6. The Bertz CT molecular complexity index is 1020. The molecule has 0 aromatic heterocycles. The second-order valence-electron chi connectivity index (χ2n) is 5.34. The maximum Gasteiger partial charge on any atom is 0.349 e. The molecule has 0 aliphatic heterocycles. The third-order valence-corrected chi connectivity index (χ3v) is 3.49. The predicted molar refractivity (Wildman–Crippen MR) is 93.1 cm³/mol. The summed E-state index contributed by atoms with van der Waals surface area (Å²) < 4.78 is 32.2. The van der Waals surface area contributed by atoms with E-state index in [1.165, 1.54) is 24.3 Å². The van der Waals surface area contributed by atoms with Gasteiger partial charge in [-0.25, -0.2) is 13.6 Å². The summed E-state index contributed by atoms with van der Waals surface area (Å²) in [4.78, 5) is 11.9. The zero-order valence-corrected chi connectivity index (χ0v) is 13.8. The van der Waals surface area contributed by atoms with Crippen LogP contribution in [0.1, 0.15) is 15.9 Å². The highest BCUT2D eigenvalue weighted by Crippen LogP contribution is 2.23. The van der Waals surface area contributed by atoms with Gasteiger partial charge in [0.15, 0.2) is 0 Å². The van der Waals surface area contributed by atoms with Crippen LogP contribution >= 0.6 is 0 Å². The van der Waals surface area contributed by atoms with E-state index in [4.69, 9.17) is 10.00 Å². The first-order valence-corrected chi connectivity index (χ1v) is 7.75. The number of ether oxygens (including phenoxy) is 1. The first kappa shape index (κ1) is 17.9. The number of rotatable bonds is 4. The molecule has 0 fully saturated rings. The number of carbonyl (C=O) groups excluding carboxylic acids is 1. The average molecular weight is 363 g/mol. The number of nitrogens with zero attached hydrogens (tertiary/aromatic N) is 3. The first-order chi connectivity index (χ1) is 13.1. The van der Waals surface area contributed by atoms with Crippen molar-refractivity contribution in [2.75, 3.05) is 0 Å². The molecule has 0 saturated heterocycles. The van der Waals surface area contributed by atoms with E-state index in [-0.39, 0.29) is 5.75 Å². The van der Waals surface area contributed by atoms with Gasteiger partial charge >= 0.3 is 5.97 Å². The Morgan fingerprint density at radius 2 is 1.37 bits per heavy atom. The normalized spacial score (nSPS) is 10.6. The molecule has 5 nitrogen and oxygen atoms in total. The van der Waals surface area contributed by atoms with Gasteiger partial charge in [0.1, 0.15) is 22.9 Å². The molecule has 0 bridgehead atoms. The van der Waals surface area contributed by atoms with E-state index in [1.54, 1.807) is 24.3 Å². The maximum absolute atomic E-state index is 13.6. The van der Waals surface area contributed by atoms with Gasteiger partial charge in [0, 0.05) is 0 Å². The van der Waals surface area contributed by atoms with E-state index >= 15 is 0 Å². The summed E-state index contributed by atoms with van der Waals surface area (Å²) in [6.45, 7) is 0. The fourth-order valence-electron chi connectivity index (χ4n) is 2.15. The number of benzene rings is 3. The van der Waals surface area contributed by atoms with E-state index in [0.717, 1.165) is 18.2 Å². The Labute approximate surface area is 153 Å². The van der Waals surface area contributed by atoms with Crippen LogP contribution in [0.15, 0.2) is 77.0 Å². The van der Waals surface area contributed by atoms with Crippen molar-refractivity contribution in [3.05, 3.63) is 89.5 Å². The molecule has 0 saturated carbocycles. The smallest absolute Gasteiger partial charge is 0.349 e. The molecule has 0 N–H and O–H groups in total. The largest absolute Gasteiger partial charge is 0.423 e. The zero-order valence-electron chi connectivity index (χ0n) is 13.8. The van der Waals surface area contributed by atoms with Crippen molar-refractivity contribution < 1.29 is 18.3 Å². The minimum Gasteiger partial charge on any atom is -0.423 e. The molecule has 0 unspecified atom stereocenters. The Morgan fingerprint density at radius 3 is 1.89 bits per heavy atom. The number of esters is 1. The molecule has 3 aromatic carbocycles. The molecule has 0 atom stereocenters. The van der Waals surface area contributed by atoms with Crippen molar-refractivity contribution in [2.45, 2.75) is 0 Å². The Kier molecular flexibility index (Phi) is 5.28. The van der Waals surface area contributed by atoms with Crippen LogP contribution in [-0.4, -0.2) is 5.97 Å². The van der Waals surface area contributed by atoms with E-state index < -0.39 is 23.2 Å². The molecule has 0 heterocycles. The van der Waals surface area contributed by atoms with Crippen molar-refractivity contribution in [1.29, 1.82) is 5.26 Å². The van der Waals surface area contributed by atoms with Crippen molar-refractivity contribution in [2.24, 2.45) is 10.2 Å². The summed E-state index contributed by atoms with van der Waals surface area (Å²) in [5, 5.41) is 16.8. The summed E-state index contributed by atoms with van der Waals surface area (Å²) in [7, 11) is 0. The summed E-state index contributed by atoms with van der Waals surface area (Å²) in [6.07, 6.45) is 0. The highest BCUT2D eigenvalue weighted by molar-refractivity contribution is 5.91. The van der Waals surface area contributed by atoms with Crippen LogP contribution in [-0.2, 0) is 0 Å². The molecule has 7 heteroatoms. The highest BCUT2D eigenvalue weighted by atomic mass is 19.1. The van der Waals surface area contributed by atoms with Crippen LogP contribution in [0.5, 0.6) is 5.75 Å². The van der Waals surface area contributed by atoms with Crippen LogP contribution < -0.4 is 4.74 Å². The minimum atomic E-state index is -1.13. The van der Waals surface area contributed by atoms with E-state index in [1.807, 2.05) is 6.07 Å². The van der Waals surface area contributed by atoms with Gasteiger partial charge in [0.05, 0.1) is 23.0 Å². The van der Waals surface area contributed by atoms with E-state index in [2.05, 4.69) is 10.2 Å². The number of hydrogen-bond donors (Lipinski definition) is 0. The SMILES string of the molecule is N#Cc1ccc(N=Nc2ccc(OC(=O)c3c(F)cccc3F)cc2)cc1. The molecule has 3 aromatic rings. The molecule has 132 valence electrons. The summed E-state index contributed by atoms with van der Waals surface area (Å²) in [5.41, 5.74) is 0.823. The molecule has 0 aliphatic carbocycles. The van der Waals surface area contributed by atoms with Gasteiger partial charge in [-0.15, -0.1) is 0 Å². The van der Waals surface area contributed by atoms with Gasteiger partial charge in [-0.3, -0.25) is 0 Å². The van der Waals surface area contributed by atoms with Crippen molar-refractivity contribution >= 4 is 17.3 Å². The lowest BCUT2D eigenvalue weighted by Crippen LogP contribution is -2.12. The Balaban J connectivity index is 1.69. The number of nitriles is 1. The molecule has 0 amide bonds. The van der Waals surface area contributed by atoms with Crippen LogP contribution in [0.4, 0.5) is 20.2 Å². The van der Waals surface area contributed by atoms with Crippen LogP contribution in [0.3, 0.4) is 0 Å². The van der Waals surface area contributed by atoms with Crippen LogP contribution in [0.2, 0.25) is 0 Å². The zero-order chi connectivity index (χ0) is 19.2. The molecule has 0 radical (unpaired) electrons. The minimum absolute atomic E-state index is 0.111. The predicted octanol–water partition coefficient (Wildman–Crippen LogP) is 5.47. The van der Waals surface area contributed by atoms with Gasteiger partial charge < -0.3 is 4.74 Å². The number of carbonyl (C=O) groups is 1. The fourth-order valence-corrected chi connectivity index (χ4v) is 2.15. The van der Waals surface area contributed by atoms with E-state index in [9.17, 15) is 13.6 Å². The number of hydrogen-bond acceptors (Lipinski definition) is 5. The molecular weight excluding hydrogens is 352 g/mol. The topological polar surface area (TPSA) is 74.8 Å². The lowest BCUT2D eigenvalue weighted by Gasteiger charge is -2.06. The van der Waals surface area contributed by atoms with Crippen molar-refractivity contribution in [1.82, 2.24) is 0 Å². The monoisotopic (exact) mass is 363 g/mol.